The summed E-state index contributed by atoms with van der Waals surface area (Å²) in [6.07, 6.45) is -0.646. The molecular weight excluding hydrogens is 580 g/mol. The minimum Gasteiger partial charge on any atom is -0.480 e. The van der Waals surface area contributed by atoms with E-state index in [9.17, 15) is 14.4 Å². The molecule has 2 aliphatic rings. The number of fused-ring (bicyclic) bond motifs is 1. The van der Waals surface area contributed by atoms with Gasteiger partial charge in [-0.1, -0.05) is 24.3 Å². The Labute approximate surface area is 261 Å². The predicted octanol–water partition coefficient (Wildman–Crippen LogP) is 4.27. The van der Waals surface area contributed by atoms with Crippen molar-refractivity contribution in [2.24, 2.45) is 0 Å². The average Bonchev–Trinajstić information content (AvgIpc) is 3.37. The molecule has 1 aromatic carbocycles. The van der Waals surface area contributed by atoms with Crippen LogP contribution in [0.15, 0.2) is 54.6 Å². The number of hydrogen-bond donors (Lipinski definition) is 3. The summed E-state index contributed by atoms with van der Waals surface area (Å²) in [5.41, 5.74) is 2.21. The molecule has 2 atom stereocenters. The van der Waals surface area contributed by atoms with E-state index in [0.29, 0.717) is 49.3 Å². The first-order chi connectivity index (χ1) is 21.5. The van der Waals surface area contributed by atoms with E-state index in [2.05, 4.69) is 32.0 Å². The highest BCUT2D eigenvalue weighted by molar-refractivity contribution is 5.95. The minimum absolute atomic E-state index is 0.0599. The number of nitrogens with zero attached hydrogens (tertiary/aromatic N) is 3. The summed E-state index contributed by atoms with van der Waals surface area (Å²) in [7, 11) is 0. The molecule has 0 radical (unpaired) electrons. The van der Waals surface area contributed by atoms with Crippen LogP contribution in [0.4, 0.5) is 21.2 Å². The zero-order valence-electron chi connectivity index (χ0n) is 25.8. The summed E-state index contributed by atoms with van der Waals surface area (Å²) in [6, 6.07) is 16.7. The molecule has 0 bridgehead atoms. The van der Waals surface area contributed by atoms with Crippen molar-refractivity contribution in [2.75, 3.05) is 36.5 Å². The number of nitrogens with one attached hydrogen (secondary N) is 3. The Morgan fingerprint density at radius 1 is 1.13 bits per heavy atom. The summed E-state index contributed by atoms with van der Waals surface area (Å²) in [4.78, 5) is 46.6. The van der Waals surface area contributed by atoms with E-state index < -0.39 is 17.8 Å². The Morgan fingerprint density at radius 2 is 1.96 bits per heavy atom. The molecule has 2 aliphatic heterocycles. The highest BCUT2D eigenvalue weighted by Gasteiger charge is 2.33. The number of alkyl carbamates (subject to hydrolysis) is 1. The van der Waals surface area contributed by atoms with E-state index in [1.807, 2.05) is 58.0 Å². The van der Waals surface area contributed by atoms with Crippen molar-refractivity contribution < 1.29 is 33.3 Å². The molecule has 0 saturated carbocycles. The van der Waals surface area contributed by atoms with E-state index in [4.69, 9.17) is 18.9 Å². The number of hydrogen-bond acceptors (Lipinski definition) is 10. The lowest BCUT2D eigenvalue weighted by atomic mass is 10.1. The Morgan fingerprint density at radius 3 is 2.78 bits per heavy atom. The first-order valence-corrected chi connectivity index (χ1v) is 14.8. The number of aromatic nitrogens is 2. The summed E-state index contributed by atoms with van der Waals surface area (Å²) < 4.78 is 22.0. The molecule has 4 heterocycles. The largest absolute Gasteiger partial charge is 0.480 e. The molecule has 5 rings (SSSR count). The van der Waals surface area contributed by atoms with Gasteiger partial charge in [-0.2, -0.15) is 0 Å². The Hall–Kier alpha value is -4.91. The molecule has 1 saturated heterocycles. The van der Waals surface area contributed by atoms with Crippen molar-refractivity contribution in [3.63, 3.8) is 0 Å². The Balaban J connectivity index is 1.08. The smallest absolute Gasteiger partial charge is 0.415 e. The average molecular weight is 619 g/mol. The molecule has 0 aliphatic carbocycles. The Bertz CT molecular complexity index is 1540. The molecule has 3 aromatic rings. The molecular formula is C32H38N6O7. The van der Waals surface area contributed by atoms with Gasteiger partial charge in [-0.3, -0.25) is 9.69 Å². The number of cyclic esters (lactones) is 1. The van der Waals surface area contributed by atoms with E-state index >= 15 is 0 Å². The van der Waals surface area contributed by atoms with E-state index in [1.54, 1.807) is 18.2 Å². The van der Waals surface area contributed by atoms with Gasteiger partial charge < -0.3 is 34.9 Å². The maximum absolute atomic E-state index is 12.5. The molecule has 3 N–H and O–H groups in total. The Kier molecular flexibility index (Phi) is 9.67. The van der Waals surface area contributed by atoms with E-state index in [1.165, 1.54) is 4.90 Å². The lowest BCUT2D eigenvalue weighted by molar-refractivity contribution is -0.118. The van der Waals surface area contributed by atoms with Gasteiger partial charge in [0, 0.05) is 18.2 Å². The van der Waals surface area contributed by atoms with Crippen LogP contribution >= 0.6 is 0 Å². The molecule has 0 spiro atoms. The van der Waals surface area contributed by atoms with Crippen molar-refractivity contribution in [2.45, 2.75) is 58.4 Å². The van der Waals surface area contributed by atoms with Crippen molar-refractivity contribution in [1.29, 1.82) is 0 Å². The number of anilines is 2. The second-order valence-electron chi connectivity index (χ2n) is 11.9. The van der Waals surface area contributed by atoms with Crippen LogP contribution in [0.3, 0.4) is 0 Å². The summed E-state index contributed by atoms with van der Waals surface area (Å²) >= 11 is 0. The number of amides is 3. The van der Waals surface area contributed by atoms with Crippen LogP contribution in [0.25, 0.3) is 11.3 Å². The number of benzene rings is 1. The molecule has 1 fully saturated rings. The van der Waals surface area contributed by atoms with Gasteiger partial charge in [-0.15, -0.1) is 0 Å². The second kappa shape index (κ2) is 13.8. The quantitative estimate of drug-likeness (QED) is 0.266. The third kappa shape index (κ3) is 8.82. The van der Waals surface area contributed by atoms with Gasteiger partial charge in [0.15, 0.2) is 18.2 Å². The summed E-state index contributed by atoms with van der Waals surface area (Å²) in [5, 5.41) is 8.83. The lowest BCUT2D eigenvalue weighted by Gasteiger charge is -2.22. The van der Waals surface area contributed by atoms with Crippen LogP contribution in [0.5, 0.6) is 11.6 Å². The topological polar surface area (TPSA) is 153 Å². The van der Waals surface area contributed by atoms with Crippen LogP contribution in [0.1, 0.15) is 39.7 Å². The highest BCUT2D eigenvalue weighted by atomic mass is 16.6. The number of carbonyl (C=O) groups is 3. The van der Waals surface area contributed by atoms with Crippen LogP contribution < -0.4 is 30.3 Å². The minimum atomic E-state index is -0.572. The molecule has 13 heteroatoms. The van der Waals surface area contributed by atoms with Crippen molar-refractivity contribution in [3.05, 3.63) is 60.2 Å². The normalized spacial score (nSPS) is 16.6. The van der Waals surface area contributed by atoms with Gasteiger partial charge in [0.1, 0.15) is 24.1 Å². The van der Waals surface area contributed by atoms with Gasteiger partial charge in [0.05, 0.1) is 18.3 Å². The van der Waals surface area contributed by atoms with Crippen LogP contribution in [-0.4, -0.2) is 72.1 Å². The molecule has 45 heavy (non-hydrogen) atoms. The zero-order valence-corrected chi connectivity index (χ0v) is 25.8. The summed E-state index contributed by atoms with van der Waals surface area (Å²) in [6.45, 7) is 9.06. The number of ether oxygens (including phenoxy) is 4. The SMILES string of the molecule is C[C@@H](COc1cccc(-c2cccc(CNCC[C@H]3CN(c4ccc5c(n4)NC(=O)CO5)C(=O)O3)c2)n1)NC(=O)OC(C)(C)C. The maximum atomic E-state index is 12.5. The van der Waals surface area contributed by atoms with Crippen LogP contribution in [0.2, 0.25) is 0 Å². The summed E-state index contributed by atoms with van der Waals surface area (Å²) in [5.74, 6) is 1.32. The maximum Gasteiger partial charge on any atom is 0.415 e. The molecule has 2 aromatic heterocycles. The monoisotopic (exact) mass is 618 g/mol. The van der Waals surface area contributed by atoms with Crippen molar-refractivity contribution >= 4 is 29.7 Å². The third-order valence-electron chi connectivity index (χ3n) is 6.77. The van der Waals surface area contributed by atoms with Gasteiger partial charge in [-0.25, -0.2) is 19.6 Å². The number of pyridine rings is 2. The first kappa shape index (κ1) is 31.5. The van der Waals surface area contributed by atoms with E-state index in [-0.39, 0.29) is 31.3 Å². The predicted molar refractivity (Wildman–Crippen MR) is 166 cm³/mol. The van der Waals surface area contributed by atoms with Crippen molar-refractivity contribution in [3.8, 4) is 22.9 Å². The highest BCUT2D eigenvalue weighted by Crippen LogP contribution is 2.30. The second-order valence-corrected chi connectivity index (χ2v) is 11.9. The van der Waals surface area contributed by atoms with Gasteiger partial charge in [0.2, 0.25) is 5.88 Å². The van der Waals surface area contributed by atoms with Gasteiger partial charge >= 0.3 is 12.2 Å². The number of rotatable bonds is 11. The standard InChI is InChI=1S/C32H38N6O7/c1-20(34-30(40)45-32(2,3)4)18-43-28-10-6-9-24(35-28)22-8-5-7-21(15-22)16-33-14-13-23-17-38(31(41)44-23)26-12-11-25-29(36-26)37-27(39)19-42-25/h5-12,15,20,23,33H,13-14,16-19H2,1-4H3,(H,34,40)(H,36,37,39)/t20-,23-/m0/s1. The molecule has 0 unspecified atom stereocenters. The van der Waals surface area contributed by atoms with Gasteiger partial charge in [-0.05, 0) is 70.5 Å². The van der Waals surface area contributed by atoms with Crippen LogP contribution in [0, 0.1) is 0 Å². The fourth-order valence-electron chi connectivity index (χ4n) is 4.72. The molecule has 13 nitrogen and oxygen atoms in total. The fraction of sp³-hybridized carbons (Fsp3) is 0.406. The zero-order chi connectivity index (χ0) is 32.0. The van der Waals surface area contributed by atoms with Gasteiger partial charge in [0.25, 0.3) is 5.91 Å². The van der Waals surface area contributed by atoms with Crippen molar-refractivity contribution in [1.82, 2.24) is 20.6 Å². The first-order valence-electron chi connectivity index (χ1n) is 14.8. The molecule has 238 valence electrons. The van der Waals surface area contributed by atoms with E-state index in [0.717, 1.165) is 16.8 Å². The van der Waals surface area contributed by atoms with Crippen LogP contribution in [-0.2, 0) is 20.8 Å². The lowest BCUT2D eigenvalue weighted by Crippen LogP contribution is -2.40. The number of carbonyl (C=O) groups excluding carboxylic acids is 3. The molecule has 3 amide bonds. The third-order valence-corrected chi connectivity index (χ3v) is 6.77. The fourth-order valence-corrected chi connectivity index (χ4v) is 4.72.